The van der Waals surface area contributed by atoms with Crippen molar-refractivity contribution in [1.82, 2.24) is 4.90 Å². The SMILES string of the molecule is C=C(C(=CCC)CC)N(C)C(C)C. The second kappa shape index (κ2) is 5.85. The number of hydrogen-bond acceptors (Lipinski definition) is 1. The third-order valence-corrected chi connectivity index (χ3v) is 2.40. The molecule has 0 aliphatic carbocycles. The minimum atomic E-state index is 0.527. The summed E-state index contributed by atoms with van der Waals surface area (Å²) in [5.74, 6) is 0. The standard InChI is InChI=1S/C12H23N/c1-7-9-12(8-2)11(5)13(6)10(3)4/h9-10H,5,7-8H2,1-4,6H3. The van der Waals surface area contributed by atoms with Gasteiger partial charge >= 0.3 is 0 Å². The van der Waals surface area contributed by atoms with Crippen LogP contribution >= 0.6 is 0 Å². The van der Waals surface area contributed by atoms with Crippen LogP contribution in [0.1, 0.15) is 40.5 Å². The summed E-state index contributed by atoms with van der Waals surface area (Å²) in [6.07, 6.45) is 4.43. The third kappa shape index (κ3) is 3.67. The Labute approximate surface area is 83.1 Å². The first-order chi connectivity index (χ1) is 6.04. The summed E-state index contributed by atoms with van der Waals surface area (Å²) >= 11 is 0. The molecule has 0 aliphatic rings. The molecule has 0 aromatic rings. The van der Waals surface area contributed by atoms with E-state index < -0.39 is 0 Å². The monoisotopic (exact) mass is 181 g/mol. The van der Waals surface area contributed by atoms with Gasteiger partial charge in [0.25, 0.3) is 0 Å². The van der Waals surface area contributed by atoms with E-state index >= 15 is 0 Å². The molecule has 0 aromatic heterocycles. The highest BCUT2D eigenvalue weighted by molar-refractivity contribution is 5.26. The fraction of sp³-hybridized carbons (Fsp3) is 0.667. The molecular weight excluding hydrogens is 158 g/mol. The van der Waals surface area contributed by atoms with E-state index in [4.69, 9.17) is 0 Å². The Balaban J connectivity index is 4.46. The molecule has 0 spiro atoms. The molecule has 76 valence electrons. The van der Waals surface area contributed by atoms with Gasteiger partial charge in [-0.05, 0) is 32.3 Å². The normalized spacial score (nSPS) is 12.0. The van der Waals surface area contributed by atoms with Crippen molar-refractivity contribution in [1.29, 1.82) is 0 Å². The molecule has 13 heavy (non-hydrogen) atoms. The molecule has 0 amide bonds. The molecule has 0 saturated carbocycles. The Morgan fingerprint density at radius 2 is 1.92 bits per heavy atom. The lowest BCUT2D eigenvalue weighted by Gasteiger charge is -2.27. The van der Waals surface area contributed by atoms with Crippen LogP contribution in [0.15, 0.2) is 23.9 Å². The topological polar surface area (TPSA) is 3.24 Å². The van der Waals surface area contributed by atoms with Gasteiger partial charge in [0.15, 0.2) is 0 Å². The summed E-state index contributed by atoms with van der Waals surface area (Å²) in [6.45, 7) is 12.8. The Hall–Kier alpha value is -0.720. The van der Waals surface area contributed by atoms with Crippen LogP contribution in [0.3, 0.4) is 0 Å². The van der Waals surface area contributed by atoms with Crippen LogP contribution < -0.4 is 0 Å². The maximum absolute atomic E-state index is 4.12. The summed E-state index contributed by atoms with van der Waals surface area (Å²) in [7, 11) is 2.10. The van der Waals surface area contributed by atoms with Crippen LogP contribution in [0.2, 0.25) is 0 Å². The molecule has 0 heterocycles. The van der Waals surface area contributed by atoms with Gasteiger partial charge in [0.2, 0.25) is 0 Å². The molecule has 0 atom stereocenters. The lowest BCUT2D eigenvalue weighted by atomic mass is 10.1. The van der Waals surface area contributed by atoms with E-state index in [0.29, 0.717) is 6.04 Å². The second-order valence-electron chi connectivity index (χ2n) is 3.64. The number of nitrogens with zero attached hydrogens (tertiary/aromatic N) is 1. The van der Waals surface area contributed by atoms with E-state index in [1.807, 2.05) is 0 Å². The maximum atomic E-state index is 4.12. The molecule has 0 radical (unpaired) electrons. The number of allylic oxidation sites excluding steroid dienone is 2. The van der Waals surface area contributed by atoms with Gasteiger partial charge in [-0.3, -0.25) is 0 Å². The molecule has 0 fully saturated rings. The molecule has 0 saturated heterocycles. The van der Waals surface area contributed by atoms with Crippen molar-refractivity contribution in [2.45, 2.75) is 46.6 Å². The summed E-state index contributed by atoms with van der Waals surface area (Å²) in [6, 6.07) is 0.527. The van der Waals surface area contributed by atoms with E-state index in [1.54, 1.807) is 0 Å². The van der Waals surface area contributed by atoms with Crippen molar-refractivity contribution in [2.75, 3.05) is 7.05 Å². The molecular formula is C12H23N. The van der Waals surface area contributed by atoms with E-state index in [0.717, 1.165) is 12.8 Å². The van der Waals surface area contributed by atoms with Crippen LogP contribution in [0, 0.1) is 0 Å². The smallest absolute Gasteiger partial charge is 0.0322 e. The van der Waals surface area contributed by atoms with E-state index in [2.05, 4.69) is 52.3 Å². The Morgan fingerprint density at radius 1 is 1.38 bits per heavy atom. The van der Waals surface area contributed by atoms with Gasteiger partial charge in [-0.1, -0.05) is 26.5 Å². The van der Waals surface area contributed by atoms with Crippen LogP contribution in [0.4, 0.5) is 0 Å². The summed E-state index contributed by atoms with van der Waals surface area (Å²) in [5.41, 5.74) is 2.54. The first-order valence-corrected chi connectivity index (χ1v) is 5.15. The van der Waals surface area contributed by atoms with E-state index in [1.165, 1.54) is 11.3 Å². The maximum Gasteiger partial charge on any atom is 0.0322 e. The fourth-order valence-corrected chi connectivity index (χ4v) is 1.25. The van der Waals surface area contributed by atoms with Gasteiger partial charge < -0.3 is 4.90 Å². The first kappa shape index (κ1) is 12.3. The van der Waals surface area contributed by atoms with Gasteiger partial charge in [0.1, 0.15) is 0 Å². The molecule has 1 nitrogen and oxygen atoms in total. The average Bonchev–Trinajstić information content (AvgIpc) is 2.11. The van der Waals surface area contributed by atoms with Crippen molar-refractivity contribution in [2.24, 2.45) is 0 Å². The van der Waals surface area contributed by atoms with Crippen LogP contribution in [-0.2, 0) is 0 Å². The van der Waals surface area contributed by atoms with Gasteiger partial charge in [-0.15, -0.1) is 0 Å². The molecule has 0 rings (SSSR count). The molecule has 1 heteroatoms. The summed E-state index contributed by atoms with van der Waals surface area (Å²) < 4.78 is 0. The first-order valence-electron chi connectivity index (χ1n) is 5.15. The average molecular weight is 181 g/mol. The predicted molar refractivity (Wildman–Crippen MR) is 60.7 cm³/mol. The lowest BCUT2D eigenvalue weighted by molar-refractivity contribution is 0.350. The molecule has 0 N–H and O–H groups in total. The van der Waals surface area contributed by atoms with Crippen molar-refractivity contribution in [3.05, 3.63) is 23.9 Å². The summed E-state index contributed by atoms with van der Waals surface area (Å²) in [5, 5.41) is 0. The lowest BCUT2D eigenvalue weighted by Crippen LogP contribution is -2.25. The van der Waals surface area contributed by atoms with Gasteiger partial charge in [0.05, 0.1) is 0 Å². The van der Waals surface area contributed by atoms with E-state index in [-0.39, 0.29) is 0 Å². The summed E-state index contributed by atoms with van der Waals surface area (Å²) in [4.78, 5) is 2.23. The highest BCUT2D eigenvalue weighted by Gasteiger charge is 2.08. The van der Waals surface area contributed by atoms with Crippen molar-refractivity contribution in [3.63, 3.8) is 0 Å². The number of hydrogen-bond donors (Lipinski definition) is 0. The highest BCUT2D eigenvalue weighted by Crippen LogP contribution is 2.17. The molecule has 0 aromatic carbocycles. The van der Waals surface area contributed by atoms with E-state index in [9.17, 15) is 0 Å². The van der Waals surface area contributed by atoms with Gasteiger partial charge in [-0.2, -0.15) is 0 Å². The van der Waals surface area contributed by atoms with Crippen LogP contribution in [-0.4, -0.2) is 18.0 Å². The van der Waals surface area contributed by atoms with Crippen LogP contribution in [0.5, 0.6) is 0 Å². The Kier molecular flexibility index (Phi) is 5.52. The molecule has 0 unspecified atom stereocenters. The zero-order valence-electron chi connectivity index (χ0n) is 9.72. The Morgan fingerprint density at radius 3 is 2.23 bits per heavy atom. The van der Waals surface area contributed by atoms with Crippen LogP contribution in [0.25, 0.3) is 0 Å². The predicted octanol–water partition coefficient (Wildman–Crippen LogP) is 3.59. The second-order valence-corrected chi connectivity index (χ2v) is 3.64. The third-order valence-electron chi connectivity index (χ3n) is 2.40. The fourth-order valence-electron chi connectivity index (χ4n) is 1.25. The van der Waals surface area contributed by atoms with Crippen molar-refractivity contribution >= 4 is 0 Å². The highest BCUT2D eigenvalue weighted by atomic mass is 15.1. The van der Waals surface area contributed by atoms with Gasteiger partial charge in [0, 0.05) is 18.8 Å². The number of likely N-dealkylation sites (N-methyl/N-ethyl adjacent to an activating group) is 1. The zero-order valence-corrected chi connectivity index (χ0v) is 9.72. The van der Waals surface area contributed by atoms with Crippen molar-refractivity contribution in [3.8, 4) is 0 Å². The quantitative estimate of drug-likeness (QED) is 0.586. The molecule has 0 bridgehead atoms. The Bertz CT molecular complexity index is 189. The molecule has 0 aliphatic heterocycles. The zero-order chi connectivity index (χ0) is 10.4. The van der Waals surface area contributed by atoms with Crippen molar-refractivity contribution < 1.29 is 0 Å². The minimum absolute atomic E-state index is 0.527. The number of rotatable bonds is 5. The largest absolute Gasteiger partial charge is 0.372 e. The van der Waals surface area contributed by atoms with Gasteiger partial charge in [-0.25, -0.2) is 0 Å². The minimum Gasteiger partial charge on any atom is -0.372 e.